The van der Waals surface area contributed by atoms with E-state index in [0.29, 0.717) is 0 Å². The Labute approximate surface area is 120 Å². The summed E-state index contributed by atoms with van der Waals surface area (Å²) in [5.74, 6) is 6.78. The predicted octanol–water partition coefficient (Wildman–Crippen LogP) is 1.38. The molecule has 0 saturated heterocycles. The number of likely N-dealkylation sites (N-methyl/N-ethyl adjacent to an activating group) is 1. The molecule has 5 nitrogen and oxygen atoms in total. The number of nitrogens with zero attached hydrogens (tertiary/aromatic N) is 3. The molecule has 0 aliphatic carbocycles. The molecular formula is C15H25N5. The minimum absolute atomic E-state index is 0.206. The molecule has 20 heavy (non-hydrogen) atoms. The average molecular weight is 275 g/mol. The number of hydrogen-bond donors (Lipinski definition) is 2. The predicted molar refractivity (Wildman–Crippen MR) is 83.4 cm³/mol. The van der Waals surface area contributed by atoms with Crippen molar-refractivity contribution in [1.82, 2.24) is 19.9 Å². The van der Waals surface area contributed by atoms with Gasteiger partial charge in [-0.2, -0.15) is 0 Å². The SMILES string of the molecule is CCCn1c(CC(CN(C)C)NN)nc2ccccc21. The fraction of sp³-hybridized carbons (Fsp3) is 0.533. The number of aryl methyl sites for hydroxylation is 1. The van der Waals surface area contributed by atoms with E-state index in [2.05, 4.69) is 54.1 Å². The quantitative estimate of drug-likeness (QED) is 0.592. The first-order valence-electron chi connectivity index (χ1n) is 7.20. The Balaban J connectivity index is 2.29. The van der Waals surface area contributed by atoms with Crippen LogP contribution in [0.5, 0.6) is 0 Å². The summed E-state index contributed by atoms with van der Waals surface area (Å²) in [4.78, 5) is 6.91. The van der Waals surface area contributed by atoms with E-state index in [1.807, 2.05) is 6.07 Å². The molecule has 0 fully saturated rings. The molecule has 110 valence electrons. The number of fused-ring (bicyclic) bond motifs is 1. The number of para-hydroxylation sites is 2. The number of nitrogens with one attached hydrogen (secondary N) is 1. The molecule has 2 rings (SSSR count). The first-order valence-corrected chi connectivity index (χ1v) is 7.20. The maximum atomic E-state index is 5.67. The van der Waals surface area contributed by atoms with Gasteiger partial charge >= 0.3 is 0 Å². The number of hydrazine groups is 1. The Bertz CT molecular complexity index is 546. The van der Waals surface area contributed by atoms with Crippen molar-refractivity contribution in [3.8, 4) is 0 Å². The fourth-order valence-corrected chi connectivity index (χ4v) is 2.59. The number of hydrogen-bond acceptors (Lipinski definition) is 4. The summed E-state index contributed by atoms with van der Waals surface area (Å²) in [5.41, 5.74) is 5.18. The molecule has 0 aliphatic heterocycles. The molecule has 0 saturated carbocycles. The van der Waals surface area contributed by atoms with Gasteiger partial charge in [-0.05, 0) is 32.6 Å². The molecule has 3 N–H and O–H groups in total. The summed E-state index contributed by atoms with van der Waals surface area (Å²) in [6, 6.07) is 8.52. The summed E-state index contributed by atoms with van der Waals surface area (Å²) in [6.45, 7) is 4.08. The number of rotatable bonds is 7. The van der Waals surface area contributed by atoms with E-state index in [1.165, 1.54) is 5.52 Å². The van der Waals surface area contributed by atoms with Crippen molar-refractivity contribution in [3.05, 3.63) is 30.1 Å². The molecule has 0 amide bonds. The Kier molecular flexibility index (Phi) is 5.11. The zero-order chi connectivity index (χ0) is 14.5. The second-order valence-electron chi connectivity index (χ2n) is 5.50. The summed E-state index contributed by atoms with van der Waals surface area (Å²) in [6.07, 6.45) is 1.94. The maximum Gasteiger partial charge on any atom is 0.111 e. The minimum Gasteiger partial charge on any atom is -0.328 e. The highest BCUT2D eigenvalue weighted by molar-refractivity contribution is 5.75. The minimum atomic E-state index is 0.206. The van der Waals surface area contributed by atoms with Crippen LogP contribution in [-0.4, -0.2) is 41.1 Å². The Morgan fingerprint density at radius 3 is 2.75 bits per heavy atom. The third-order valence-corrected chi connectivity index (χ3v) is 3.43. The van der Waals surface area contributed by atoms with E-state index in [9.17, 15) is 0 Å². The summed E-state index contributed by atoms with van der Waals surface area (Å²) in [5, 5.41) is 0. The van der Waals surface area contributed by atoms with Crippen LogP contribution in [0.25, 0.3) is 11.0 Å². The second kappa shape index (κ2) is 6.83. The normalized spacial score (nSPS) is 13.2. The average Bonchev–Trinajstić information content (AvgIpc) is 2.76. The van der Waals surface area contributed by atoms with Crippen LogP contribution in [0.3, 0.4) is 0 Å². The van der Waals surface area contributed by atoms with Crippen LogP contribution in [0.1, 0.15) is 19.2 Å². The van der Waals surface area contributed by atoms with E-state index < -0.39 is 0 Å². The molecule has 0 radical (unpaired) electrons. The summed E-state index contributed by atoms with van der Waals surface area (Å²) >= 11 is 0. The lowest BCUT2D eigenvalue weighted by atomic mass is 10.2. The largest absolute Gasteiger partial charge is 0.328 e. The van der Waals surface area contributed by atoms with Crippen LogP contribution in [-0.2, 0) is 13.0 Å². The van der Waals surface area contributed by atoms with Gasteiger partial charge in [0.05, 0.1) is 11.0 Å². The number of aromatic nitrogens is 2. The molecule has 1 atom stereocenters. The highest BCUT2D eigenvalue weighted by Crippen LogP contribution is 2.17. The van der Waals surface area contributed by atoms with Crippen molar-refractivity contribution in [2.75, 3.05) is 20.6 Å². The molecule has 1 aromatic carbocycles. The van der Waals surface area contributed by atoms with Crippen molar-refractivity contribution in [2.24, 2.45) is 5.84 Å². The molecule has 2 aromatic rings. The summed E-state index contributed by atoms with van der Waals surface area (Å²) < 4.78 is 2.31. The van der Waals surface area contributed by atoms with Crippen molar-refractivity contribution in [3.63, 3.8) is 0 Å². The fourth-order valence-electron chi connectivity index (χ4n) is 2.59. The summed E-state index contributed by atoms with van der Waals surface area (Å²) in [7, 11) is 4.11. The molecule has 0 bridgehead atoms. The molecule has 1 unspecified atom stereocenters. The van der Waals surface area contributed by atoms with Gasteiger partial charge in [0.1, 0.15) is 5.82 Å². The Morgan fingerprint density at radius 2 is 2.10 bits per heavy atom. The van der Waals surface area contributed by atoms with Gasteiger partial charge in [0.2, 0.25) is 0 Å². The van der Waals surface area contributed by atoms with Gasteiger partial charge in [-0.15, -0.1) is 0 Å². The van der Waals surface area contributed by atoms with Gasteiger partial charge in [0, 0.05) is 25.6 Å². The third-order valence-electron chi connectivity index (χ3n) is 3.43. The molecule has 0 spiro atoms. The van der Waals surface area contributed by atoms with Gasteiger partial charge in [-0.25, -0.2) is 4.98 Å². The first kappa shape index (κ1) is 15.0. The number of imidazole rings is 1. The third kappa shape index (κ3) is 3.36. The second-order valence-corrected chi connectivity index (χ2v) is 5.50. The van der Waals surface area contributed by atoms with E-state index in [0.717, 1.165) is 37.3 Å². The molecular weight excluding hydrogens is 250 g/mol. The lowest BCUT2D eigenvalue weighted by Crippen LogP contribution is -2.44. The van der Waals surface area contributed by atoms with Crippen molar-refractivity contribution >= 4 is 11.0 Å². The van der Waals surface area contributed by atoms with Crippen LogP contribution >= 0.6 is 0 Å². The lowest BCUT2D eigenvalue weighted by molar-refractivity contribution is 0.334. The van der Waals surface area contributed by atoms with Gasteiger partial charge in [-0.1, -0.05) is 19.1 Å². The van der Waals surface area contributed by atoms with Gasteiger partial charge in [-0.3, -0.25) is 11.3 Å². The zero-order valence-electron chi connectivity index (χ0n) is 12.6. The van der Waals surface area contributed by atoms with Crippen LogP contribution in [0.2, 0.25) is 0 Å². The topological polar surface area (TPSA) is 59.1 Å². The molecule has 0 aliphatic rings. The Hall–Kier alpha value is -1.43. The van der Waals surface area contributed by atoms with Crippen LogP contribution < -0.4 is 11.3 Å². The molecule has 1 heterocycles. The van der Waals surface area contributed by atoms with Crippen molar-refractivity contribution in [2.45, 2.75) is 32.4 Å². The van der Waals surface area contributed by atoms with Gasteiger partial charge in [0.15, 0.2) is 0 Å². The highest BCUT2D eigenvalue weighted by atomic mass is 15.3. The van der Waals surface area contributed by atoms with E-state index in [-0.39, 0.29) is 6.04 Å². The van der Waals surface area contributed by atoms with Gasteiger partial charge in [0.25, 0.3) is 0 Å². The van der Waals surface area contributed by atoms with E-state index in [4.69, 9.17) is 10.8 Å². The number of benzene rings is 1. The van der Waals surface area contributed by atoms with Crippen LogP contribution in [0.15, 0.2) is 24.3 Å². The maximum absolute atomic E-state index is 5.67. The smallest absolute Gasteiger partial charge is 0.111 e. The number of nitrogens with two attached hydrogens (primary N) is 1. The standard InChI is InChI=1S/C15H25N5/c1-4-9-20-14-8-6-5-7-13(14)17-15(20)10-12(18-16)11-19(2)3/h5-8,12,18H,4,9-11,16H2,1-3H3. The van der Waals surface area contributed by atoms with Crippen LogP contribution in [0, 0.1) is 0 Å². The zero-order valence-corrected chi connectivity index (χ0v) is 12.6. The van der Waals surface area contributed by atoms with E-state index >= 15 is 0 Å². The Morgan fingerprint density at radius 1 is 1.35 bits per heavy atom. The monoisotopic (exact) mass is 275 g/mol. The van der Waals surface area contributed by atoms with Crippen LogP contribution in [0.4, 0.5) is 0 Å². The molecule has 5 heteroatoms. The molecule has 1 aromatic heterocycles. The highest BCUT2D eigenvalue weighted by Gasteiger charge is 2.15. The van der Waals surface area contributed by atoms with Crippen molar-refractivity contribution in [1.29, 1.82) is 0 Å². The van der Waals surface area contributed by atoms with Gasteiger partial charge < -0.3 is 9.47 Å². The lowest BCUT2D eigenvalue weighted by Gasteiger charge is -2.20. The van der Waals surface area contributed by atoms with E-state index in [1.54, 1.807) is 0 Å². The first-order chi connectivity index (χ1) is 9.65. The van der Waals surface area contributed by atoms with Crippen molar-refractivity contribution < 1.29 is 0 Å².